The molecule has 0 N–H and O–H groups in total. The molecule has 0 aliphatic heterocycles. The molecule has 3 heteroatoms. The third-order valence-electron chi connectivity index (χ3n) is 4.51. The molecule has 4 rings (SSSR count). The molecule has 0 fully saturated rings. The van der Waals surface area contributed by atoms with Crippen molar-refractivity contribution in [1.82, 2.24) is 9.55 Å². The summed E-state index contributed by atoms with van der Waals surface area (Å²) in [6.07, 6.45) is 4.21. The zero-order valence-electron chi connectivity index (χ0n) is 14.4. The standard InChI is InChI=1S/C22H21N3/c1-2-3-15-25-21-14-7-6-13-20(21)24-22(25)23-16-18-11-8-10-17-9-4-5-12-19(17)18/h4-14,16H,2-3,15H2,1H3. The average molecular weight is 327 g/mol. The van der Waals surface area contributed by atoms with Crippen molar-refractivity contribution in [3.8, 4) is 0 Å². The van der Waals surface area contributed by atoms with E-state index in [0.717, 1.165) is 41.9 Å². The molecule has 4 aromatic rings. The lowest BCUT2D eigenvalue weighted by Crippen LogP contribution is -1.97. The van der Waals surface area contributed by atoms with Crippen molar-refractivity contribution in [2.45, 2.75) is 26.3 Å². The number of rotatable bonds is 5. The molecule has 0 unspecified atom stereocenters. The molecule has 124 valence electrons. The van der Waals surface area contributed by atoms with Gasteiger partial charge in [0.1, 0.15) is 0 Å². The second-order valence-electron chi connectivity index (χ2n) is 6.23. The molecule has 1 aromatic heterocycles. The second kappa shape index (κ2) is 6.89. The summed E-state index contributed by atoms with van der Waals surface area (Å²) in [7, 11) is 0. The molecule has 0 atom stereocenters. The van der Waals surface area contributed by atoms with Gasteiger partial charge in [-0.25, -0.2) is 9.98 Å². The van der Waals surface area contributed by atoms with Crippen molar-refractivity contribution in [2.24, 2.45) is 4.99 Å². The van der Waals surface area contributed by atoms with Crippen LogP contribution >= 0.6 is 0 Å². The van der Waals surface area contributed by atoms with Gasteiger partial charge in [-0.15, -0.1) is 0 Å². The maximum absolute atomic E-state index is 4.74. The maximum Gasteiger partial charge on any atom is 0.230 e. The van der Waals surface area contributed by atoms with Crippen LogP contribution in [0, 0.1) is 0 Å². The Morgan fingerprint density at radius 2 is 1.76 bits per heavy atom. The van der Waals surface area contributed by atoms with Gasteiger partial charge >= 0.3 is 0 Å². The number of nitrogens with zero attached hydrogens (tertiary/aromatic N) is 3. The minimum absolute atomic E-state index is 0.780. The lowest BCUT2D eigenvalue weighted by atomic mass is 10.1. The zero-order valence-corrected chi connectivity index (χ0v) is 14.4. The normalized spacial score (nSPS) is 11.7. The Morgan fingerprint density at radius 3 is 2.68 bits per heavy atom. The highest BCUT2D eigenvalue weighted by atomic mass is 15.2. The first-order valence-corrected chi connectivity index (χ1v) is 8.84. The molecule has 0 aliphatic carbocycles. The van der Waals surface area contributed by atoms with Gasteiger partial charge in [0.2, 0.25) is 5.95 Å². The summed E-state index contributed by atoms with van der Waals surface area (Å²) in [5.41, 5.74) is 3.27. The van der Waals surface area contributed by atoms with Crippen molar-refractivity contribution in [1.29, 1.82) is 0 Å². The van der Waals surface area contributed by atoms with Crippen molar-refractivity contribution >= 4 is 34.0 Å². The largest absolute Gasteiger partial charge is 0.308 e. The number of aliphatic imine (C=N–C) groups is 1. The monoisotopic (exact) mass is 327 g/mol. The lowest BCUT2D eigenvalue weighted by Gasteiger charge is -2.05. The number of aromatic nitrogens is 2. The summed E-state index contributed by atoms with van der Waals surface area (Å²) in [6.45, 7) is 3.15. The third kappa shape index (κ3) is 3.05. The molecular weight excluding hydrogens is 306 g/mol. The Balaban J connectivity index is 1.78. The van der Waals surface area contributed by atoms with Crippen LogP contribution in [0.4, 0.5) is 5.95 Å². The molecule has 0 amide bonds. The molecule has 1 heterocycles. The van der Waals surface area contributed by atoms with E-state index in [1.807, 2.05) is 12.3 Å². The summed E-state index contributed by atoms with van der Waals surface area (Å²) in [5.74, 6) is 0.780. The highest BCUT2D eigenvalue weighted by Crippen LogP contribution is 2.23. The van der Waals surface area contributed by atoms with Crippen LogP contribution in [0.15, 0.2) is 71.7 Å². The van der Waals surface area contributed by atoms with Gasteiger partial charge in [0.25, 0.3) is 0 Å². The molecule has 0 aliphatic rings. The van der Waals surface area contributed by atoms with Gasteiger partial charge in [-0.1, -0.05) is 67.9 Å². The van der Waals surface area contributed by atoms with Crippen LogP contribution in [0.5, 0.6) is 0 Å². The molecular formula is C22H21N3. The topological polar surface area (TPSA) is 30.2 Å². The number of benzene rings is 3. The first-order valence-electron chi connectivity index (χ1n) is 8.84. The molecule has 0 bridgehead atoms. The van der Waals surface area contributed by atoms with Gasteiger partial charge in [0, 0.05) is 18.3 Å². The van der Waals surface area contributed by atoms with Gasteiger partial charge in [0.15, 0.2) is 0 Å². The lowest BCUT2D eigenvalue weighted by molar-refractivity contribution is 0.649. The molecule has 3 nitrogen and oxygen atoms in total. The Morgan fingerprint density at radius 1 is 0.960 bits per heavy atom. The minimum Gasteiger partial charge on any atom is -0.308 e. The summed E-state index contributed by atoms with van der Waals surface area (Å²) < 4.78 is 2.22. The van der Waals surface area contributed by atoms with E-state index in [4.69, 9.17) is 9.98 Å². The van der Waals surface area contributed by atoms with E-state index in [0.29, 0.717) is 0 Å². The summed E-state index contributed by atoms with van der Waals surface area (Å²) in [4.78, 5) is 9.47. The first-order chi connectivity index (χ1) is 12.4. The third-order valence-corrected chi connectivity index (χ3v) is 4.51. The summed E-state index contributed by atoms with van der Waals surface area (Å²) >= 11 is 0. The number of unbranched alkanes of at least 4 members (excludes halogenated alkanes) is 1. The fourth-order valence-electron chi connectivity index (χ4n) is 3.19. The number of hydrogen-bond acceptors (Lipinski definition) is 2. The highest BCUT2D eigenvalue weighted by molar-refractivity contribution is 6.00. The Bertz CT molecular complexity index is 1040. The highest BCUT2D eigenvalue weighted by Gasteiger charge is 2.08. The minimum atomic E-state index is 0.780. The number of aryl methyl sites for hydroxylation is 1. The van der Waals surface area contributed by atoms with Crippen molar-refractivity contribution in [3.63, 3.8) is 0 Å². The van der Waals surface area contributed by atoms with Crippen molar-refractivity contribution in [3.05, 3.63) is 72.3 Å². The van der Waals surface area contributed by atoms with Crippen LogP contribution in [-0.4, -0.2) is 15.8 Å². The molecule has 25 heavy (non-hydrogen) atoms. The predicted molar refractivity (Wildman–Crippen MR) is 106 cm³/mol. The molecule has 3 aromatic carbocycles. The van der Waals surface area contributed by atoms with Crippen LogP contribution in [-0.2, 0) is 6.54 Å². The van der Waals surface area contributed by atoms with Gasteiger partial charge in [-0.3, -0.25) is 0 Å². The van der Waals surface area contributed by atoms with Gasteiger partial charge in [-0.05, 0) is 29.3 Å². The van der Waals surface area contributed by atoms with E-state index >= 15 is 0 Å². The fourth-order valence-corrected chi connectivity index (χ4v) is 3.19. The molecule has 0 spiro atoms. The van der Waals surface area contributed by atoms with E-state index < -0.39 is 0 Å². The fraction of sp³-hybridized carbons (Fsp3) is 0.182. The van der Waals surface area contributed by atoms with E-state index in [1.54, 1.807) is 0 Å². The molecule has 0 saturated heterocycles. The summed E-state index contributed by atoms with van der Waals surface area (Å²) in [5, 5.41) is 2.44. The zero-order chi connectivity index (χ0) is 17.1. The molecule has 0 saturated carbocycles. The van der Waals surface area contributed by atoms with E-state index in [2.05, 4.69) is 72.2 Å². The van der Waals surface area contributed by atoms with E-state index in [1.165, 1.54) is 10.8 Å². The molecule has 0 radical (unpaired) electrons. The number of fused-ring (bicyclic) bond motifs is 2. The van der Waals surface area contributed by atoms with Gasteiger partial charge in [-0.2, -0.15) is 0 Å². The number of imidazole rings is 1. The van der Waals surface area contributed by atoms with Crippen molar-refractivity contribution < 1.29 is 0 Å². The summed E-state index contributed by atoms with van der Waals surface area (Å²) in [6, 6.07) is 23.0. The smallest absolute Gasteiger partial charge is 0.230 e. The number of hydrogen-bond donors (Lipinski definition) is 0. The van der Waals surface area contributed by atoms with Crippen LogP contribution in [0.1, 0.15) is 25.3 Å². The van der Waals surface area contributed by atoms with Crippen molar-refractivity contribution in [2.75, 3.05) is 0 Å². The SMILES string of the molecule is CCCCn1c(N=Cc2cccc3ccccc23)nc2ccccc21. The maximum atomic E-state index is 4.74. The number of para-hydroxylation sites is 2. The Kier molecular flexibility index (Phi) is 4.30. The quantitative estimate of drug-likeness (QED) is 0.430. The Hall–Kier alpha value is -2.94. The van der Waals surface area contributed by atoms with Crippen LogP contribution < -0.4 is 0 Å². The van der Waals surface area contributed by atoms with Gasteiger partial charge in [0.05, 0.1) is 11.0 Å². The van der Waals surface area contributed by atoms with Crippen LogP contribution in [0.25, 0.3) is 21.8 Å². The first kappa shape index (κ1) is 15.6. The second-order valence-corrected chi connectivity index (χ2v) is 6.23. The Labute approximate surface area is 147 Å². The van der Waals surface area contributed by atoms with Crippen LogP contribution in [0.2, 0.25) is 0 Å². The van der Waals surface area contributed by atoms with Crippen LogP contribution in [0.3, 0.4) is 0 Å². The average Bonchev–Trinajstić information content (AvgIpc) is 3.02. The van der Waals surface area contributed by atoms with E-state index in [-0.39, 0.29) is 0 Å². The van der Waals surface area contributed by atoms with Gasteiger partial charge < -0.3 is 4.57 Å². The predicted octanol–water partition coefficient (Wildman–Crippen LogP) is 5.74. The van der Waals surface area contributed by atoms with E-state index in [9.17, 15) is 0 Å².